The standard InChI is InChI=1S/C17H21FN2O2S/c1-11(12-4-6-13(18)7-5-12)19(3)16(22)14-10-23-17(2)9-8-15(21)20(14)17/h4-7,11,14H,8-10H2,1-3H3/t11-,14-,17-/m1/s1. The van der Waals surface area contributed by atoms with Crippen LogP contribution in [0, 0.1) is 5.82 Å². The molecule has 2 aliphatic heterocycles. The van der Waals surface area contributed by atoms with Crippen molar-refractivity contribution in [1.82, 2.24) is 9.80 Å². The maximum atomic E-state index is 13.1. The van der Waals surface area contributed by atoms with Gasteiger partial charge in [0.25, 0.3) is 0 Å². The summed E-state index contributed by atoms with van der Waals surface area (Å²) in [4.78, 5) is 28.3. The summed E-state index contributed by atoms with van der Waals surface area (Å²) >= 11 is 1.69. The van der Waals surface area contributed by atoms with Gasteiger partial charge in [0.15, 0.2) is 0 Å². The summed E-state index contributed by atoms with van der Waals surface area (Å²) in [5.41, 5.74) is 0.878. The van der Waals surface area contributed by atoms with Crippen molar-refractivity contribution in [3.05, 3.63) is 35.6 Å². The second kappa shape index (κ2) is 5.82. The van der Waals surface area contributed by atoms with Gasteiger partial charge < -0.3 is 9.80 Å². The molecule has 23 heavy (non-hydrogen) atoms. The Kier molecular flexibility index (Phi) is 4.12. The molecule has 0 saturated carbocycles. The van der Waals surface area contributed by atoms with Crippen molar-refractivity contribution >= 4 is 23.6 Å². The van der Waals surface area contributed by atoms with E-state index < -0.39 is 6.04 Å². The van der Waals surface area contributed by atoms with Gasteiger partial charge in [0.05, 0.1) is 10.9 Å². The second-order valence-electron chi connectivity index (χ2n) is 6.44. The van der Waals surface area contributed by atoms with Crippen LogP contribution in [0.15, 0.2) is 24.3 Å². The fraction of sp³-hybridized carbons (Fsp3) is 0.529. The molecule has 3 atom stereocenters. The molecule has 124 valence electrons. The summed E-state index contributed by atoms with van der Waals surface area (Å²) in [6.07, 6.45) is 1.32. The predicted octanol–water partition coefficient (Wildman–Crippen LogP) is 2.80. The van der Waals surface area contributed by atoms with Crippen LogP contribution < -0.4 is 0 Å². The molecule has 0 aromatic heterocycles. The third-order valence-corrected chi connectivity index (χ3v) is 6.52. The number of likely N-dealkylation sites (N-methyl/N-ethyl adjacent to an activating group) is 1. The molecule has 2 aliphatic rings. The molecule has 3 rings (SSSR count). The highest BCUT2D eigenvalue weighted by Gasteiger charge is 2.53. The first-order chi connectivity index (χ1) is 10.8. The second-order valence-corrected chi connectivity index (χ2v) is 7.94. The highest BCUT2D eigenvalue weighted by Crippen LogP contribution is 2.47. The van der Waals surface area contributed by atoms with E-state index in [2.05, 4.69) is 0 Å². The molecule has 0 radical (unpaired) electrons. The average molecular weight is 336 g/mol. The predicted molar refractivity (Wildman–Crippen MR) is 88.3 cm³/mol. The molecule has 0 N–H and O–H groups in total. The van der Waals surface area contributed by atoms with Crippen molar-refractivity contribution < 1.29 is 14.0 Å². The van der Waals surface area contributed by atoms with Gasteiger partial charge in [0.1, 0.15) is 11.9 Å². The van der Waals surface area contributed by atoms with Gasteiger partial charge in [-0.3, -0.25) is 9.59 Å². The number of carbonyl (C=O) groups excluding carboxylic acids is 2. The number of carbonyl (C=O) groups is 2. The number of halogens is 1. The van der Waals surface area contributed by atoms with Crippen molar-refractivity contribution in [3.63, 3.8) is 0 Å². The molecule has 0 spiro atoms. The van der Waals surface area contributed by atoms with E-state index in [0.717, 1.165) is 12.0 Å². The Labute approximate surface area is 140 Å². The number of hydrogen-bond donors (Lipinski definition) is 0. The van der Waals surface area contributed by atoms with Gasteiger partial charge in [-0.15, -0.1) is 11.8 Å². The van der Waals surface area contributed by atoms with Crippen LogP contribution in [0.2, 0.25) is 0 Å². The Bertz CT molecular complexity index is 636. The minimum atomic E-state index is -0.395. The van der Waals surface area contributed by atoms with Crippen LogP contribution in [0.1, 0.15) is 38.3 Å². The highest BCUT2D eigenvalue weighted by atomic mass is 32.2. The summed E-state index contributed by atoms with van der Waals surface area (Å²) in [6.45, 7) is 3.96. The molecule has 6 heteroatoms. The number of fused-ring (bicyclic) bond motifs is 1. The van der Waals surface area contributed by atoms with E-state index in [9.17, 15) is 14.0 Å². The van der Waals surface area contributed by atoms with Gasteiger partial charge >= 0.3 is 0 Å². The Balaban J connectivity index is 1.77. The van der Waals surface area contributed by atoms with Gasteiger partial charge in [0, 0.05) is 19.2 Å². The Morgan fingerprint density at radius 1 is 1.43 bits per heavy atom. The largest absolute Gasteiger partial charge is 0.337 e. The number of nitrogens with zero attached hydrogens (tertiary/aromatic N) is 2. The number of benzene rings is 1. The molecule has 0 aliphatic carbocycles. The quantitative estimate of drug-likeness (QED) is 0.852. The lowest BCUT2D eigenvalue weighted by Crippen LogP contribution is -2.50. The fourth-order valence-electron chi connectivity index (χ4n) is 3.39. The van der Waals surface area contributed by atoms with Crippen LogP contribution in [0.5, 0.6) is 0 Å². The molecule has 0 unspecified atom stereocenters. The third-order valence-electron chi connectivity index (χ3n) is 5.01. The Morgan fingerprint density at radius 3 is 2.74 bits per heavy atom. The zero-order valence-electron chi connectivity index (χ0n) is 13.6. The summed E-state index contributed by atoms with van der Waals surface area (Å²) in [5.74, 6) is 0.370. The van der Waals surface area contributed by atoms with E-state index in [4.69, 9.17) is 0 Å². The first-order valence-electron chi connectivity index (χ1n) is 7.82. The van der Waals surface area contributed by atoms with E-state index >= 15 is 0 Å². The van der Waals surface area contributed by atoms with E-state index in [1.165, 1.54) is 12.1 Å². The molecule has 4 nitrogen and oxygen atoms in total. The van der Waals surface area contributed by atoms with Crippen LogP contribution in [0.4, 0.5) is 4.39 Å². The van der Waals surface area contributed by atoms with Crippen LogP contribution >= 0.6 is 11.8 Å². The van der Waals surface area contributed by atoms with Crippen molar-refractivity contribution in [2.75, 3.05) is 12.8 Å². The van der Waals surface area contributed by atoms with Gasteiger partial charge in [-0.25, -0.2) is 4.39 Å². The van der Waals surface area contributed by atoms with Crippen molar-refractivity contribution in [3.8, 4) is 0 Å². The molecule has 1 aromatic rings. The van der Waals surface area contributed by atoms with Crippen molar-refractivity contribution in [1.29, 1.82) is 0 Å². The number of amides is 2. The summed E-state index contributed by atoms with van der Waals surface area (Å²) < 4.78 is 13.1. The topological polar surface area (TPSA) is 40.6 Å². The fourth-order valence-corrected chi connectivity index (χ4v) is 4.82. The lowest BCUT2D eigenvalue weighted by Gasteiger charge is -2.34. The zero-order valence-corrected chi connectivity index (χ0v) is 14.4. The Morgan fingerprint density at radius 2 is 2.09 bits per heavy atom. The smallest absolute Gasteiger partial charge is 0.246 e. The zero-order chi connectivity index (χ0) is 16.8. The lowest BCUT2D eigenvalue weighted by molar-refractivity contribution is -0.144. The van der Waals surface area contributed by atoms with E-state index in [1.807, 2.05) is 13.8 Å². The summed E-state index contributed by atoms with van der Waals surface area (Å²) in [6, 6.07) is 5.62. The van der Waals surface area contributed by atoms with Gasteiger partial charge in [-0.1, -0.05) is 12.1 Å². The monoisotopic (exact) mass is 336 g/mol. The van der Waals surface area contributed by atoms with Crippen LogP contribution in [0.25, 0.3) is 0 Å². The summed E-state index contributed by atoms with van der Waals surface area (Å²) in [7, 11) is 1.75. The first kappa shape index (κ1) is 16.3. The molecule has 2 amide bonds. The van der Waals surface area contributed by atoms with E-state index in [0.29, 0.717) is 12.2 Å². The van der Waals surface area contributed by atoms with Crippen LogP contribution in [-0.2, 0) is 9.59 Å². The SMILES string of the molecule is C[C@H](c1ccc(F)cc1)N(C)C(=O)[C@H]1CS[C@]2(C)CCC(=O)N12. The molecular formula is C17H21FN2O2S. The van der Waals surface area contributed by atoms with E-state index in [-0.39, 0.29) is 28.5 Å². The maximum absolute atomic E-state index is 13.1. The number of thioether (sulfide) groups is 1. The Hall–Kier alpha value is -1.56. The minimum Gasteiger partial charge on any atom is -0.337 e. The molecule has 2 heterocycles. The van der Waals surface area contributed by atoms with Gasteiger partial charge in [-0.2, -0.15) is 0 Å². The van der Waals surface area contributed by atoms with E-state index in [1.54, 1.807) is 40.7 Å². The van der Waals surface area contributed by atoms with Gasteiger partial charge in [0.2, 0.25) is 11.8 Å². The van der Waals surface area contributed by atoms with Crippen LogP contribution in [0.3, 0.4) is 0 Å². The van der Waals surface area contributed by atoms with Gasteiger partial charge in [-0.05, 0) is 38.0 Å². The van der Waals surface area contributed by atoms with Crippen molar-refractivity contribution in [2.45, 2.75) is 43.6 Å². The first-order valence-corrected chi connectivity index (χ1v) is 8.80. The number of rotatable bonds is 3. The molecular weight excluding hydrogens is 315 g/mol. The van der Waals surface area contributed by atoms with Crippen LogP contribution in [-0.4, -0.2) is 45.3 Å². The molecule has 0 bridgehead atoms. The number of hydrogen-bond acceptors (Lipinski definition) is 3. The molecule has 2 saturated heterocycles. The van der Waals surface area contributed by atoms with Crippen molar-refractivity contribution in [2.24, 2.45) is 0 Å². The summed E-state index contributed by atoms with van der Waals surface area (Å²) in [5, 5.41) is 0. The normalized spacial score (nSPS) is 27.9. The highest BCUT2D eigenvalue weighted by molar-refractivity contribution is 8.01. The molecule has 2 fully saturated rings. The maximum Gasteiger partial charge on any atom is 0.246 e. The lowest BCUT2D eigenvalue weighted by atomic mass is 10.1. The average Bonchev–Trinajstić information content (AvgIpc) is 3.02. The minimum absolute atomic E-state index is 0.0479. The molecule has 1 aromatic carbocycles. The third kappa shape index (κ3) is 2.73.